The van der Waals surface area contributed by atoms with E-state index in [0.717, 1.165) is 25.8 Å². The number of rotatable bonds is 11. The molecule has 3 nitrogen and oxygen atoms in total. The van der Waals surface area contributed by atoms with Crippen LogP contribution in [-0.4, -0.2) is 26.0 Å². The molecule has 0 radical (unpaired) electrons. The van der Waals surface area contributed by atoms with Gasteiger partial charge in [-0.05, 0) is 31.7 Å². The number of ether oxygens (including phenoxy) is 1. The molecule has 0 saturated heterocycles. The Morgan fingerprint density at radius 1 is 1.24 bits per heavy atom. The highest BCUT2D eigenvalue weighted by Crippen LogP contribution is 2.19. The van der Waals surface area contributed by atoms with E-state index >= 15 is 0 Å². The number of hydrogen-bond acceptors (Lipinski definition) is 3. The molecule has 0 aromatic carbocycles. The minimum absolute atomic E-state index is 0.134. The van der Waals surface area contributed by atoms with Gasteiger partial charge in [0, 0.05) is 26.1 Å². The Morgan fingerprint density at radius 2 is 1.94 bits per heavy atom. The number of carbonyl (C=O) groups excluding carboxylic acids is 1. The van der Waals surface area contributed by atoms with Crippen molar-refractivity contribution in [3.63, 3.8) is 0 Å². The number of ketones is 1. The van der Waals surface area contributed by atoms with Crippen molar-refractivity contribution in [3.05, 3.63) is 0 Å². The van der Waals surface area contributed by atoms with Crippen molar-refractivity contribution in [2.45, 2.75) is 52.4 Å². The van der Waals surface area contributed by atoms with E-state index in [4.69, 9.17) is 10.5 Å². The summed E-state index contributed by atoms with van der Waals surface area (Å²) >= 11 is 0. The van der Waals surface area contributed by atoms with E-state index in [1.54, 1.807) is 7.11 Å². The summed E-state index contributed by atoms with van der Waals surface area (Å²) < 4.78 is 5.00. The van der Waals surface area contributed by atoms with E-state index < -0.39 is 0 Å². The van der Waals surface area contributed by atoms with E-state index in [9.17, 15) is 4.79 Å². The molecule has 2 atom stereocenters. The Kier molecular flexibility index (Phi) is 10.5. The first-order chi connectivity index (χ1) is 8.15. The van der Waals surface area contributed by atoms with Gasteiger partial charge < -0.3 is 10.5 Å². The van der Waals surface area contributed by atoms with Crippen LogP contribution in [0.4, 0.5) is 0 Å². The Morgan fingerprint density at radius 3 is 2.47 bits per heavy atom. The van der Waals surface area contributed by atoms with Crippen molar-refractivity contribution in [3.8, 4) is 0 Å². The van der Waals surface area contributed by atoms with Crippen molar-refractivity contribution < 1.29 is 9.53 Å². The zero-order valence-corrected chi connectivity index (χ0v) is 11.7. The first-order valence-corrected chi connectivity index (χ1v) is 6.87. The molecule has 0 fully saturated rings. The molecule has 0 aliphatic heterocycles. The molecule has 0 aromatic rings. The van der Waals surface area contributed by atoms with Gasteiger partial charge >= 0.3 is 0 Å². The Hall–Kier alpha value is -0.410. The van der Waals surface area contributed by atoms with Crippen LogP contribution >= 0.6 is 0 Å². The maximum Gasteiger partial charge on any atom is 0.135 e. The third-order valence-electron chi connectivity index (χ3n) is 3.38. The molecule has 0 aromatic heterocycles. The number of nitrogens with two attached hydrogens (primary N) is 1. The average molecular weight is 243 g/mol. The van der Waals surface area contributed by atoms with Crippen LogP contribution in [0.25, 0.3) is 0 Å². The van der Waals surface area contributed by atoms with Gasteiger partial charge in [0.25, 0.3) is 0 Å². The van der Waals surface area contributed by atoms with E-state index in [1.165, 1.54) is 12.8 Å². The summed E-state index contributed by atoms with van der Waals surface area (Å²) in [6.45, 7) is 5.60. The van der Waals surface area contributed by atoms with Gasteiger partial charge in [0.2, 0.25) is 0 Å². The normalized spacial score (nSPS) is 14.6. The largest absolute Gasteiger partial charge is 0.385 e. The summed E-state index contributed by atoms with van der Waals surface area (Å²) in [5.41, 5.74) is 5.59. The van der Waals surface area contributed by atoms with Gasteiger partial charge in [-0.1, -0.05) is 26.7 Å². The maximum absolute atomic E-state index is 11.9. The van der Waals surface area contributed by atoms with Gasteiger partial charge in [0.15, 0.2) is 0 Å². The molecule has 0 aliphatic rings. The fraction of sp³-hybridized carbons (Fsp3) is 0.929. The fourth-order valence-corrected chi connectivity index (χ4v) is 2.13. The van der Waals surface area contributed by atoms with E-state index in [2.05, 4.69) is 6.92 Å². The average Bonchev–Trinajstić information content (AvgIpc) is 2.33. The second-order valence-corrected chi connectivity index (χ2v) is 4.92. The molecule has 0 spiro atoms. The minimum Gasteiger partial charge on any atom is -0.385 e. The van der Waals surface area contributed by atoms with Crippen LogP contribution in [0.1, 0.15) is 52.4 Å². The third-order valence-corrected chi connectivity index (χ3v) is 3.38. The monoisotopic (exact) mass is 243 g/mol. The van der Waals surface area contributed by atoms with Crippen LogP contribution in [0.2, 0.25) is 0 Å². The Bertz CT molecular complexity index is 189. The highest BCUT2D eigenvalue weighted by atomic mass is 16.5. The molecule has 0 bridgehead atoms. The first-order valence-electron chi connectivity index (χ1n) is 6.87. The summed E-state index contributed by atoms with van der Waals surface area (Å²) in [7, 11) is 1.68. The lowest BCUT2D eigenvalue weighted by atomic mass is 9.90. The first kappa shape index (κ1) is 16.6. The molecule has 2 unspecified atom stereocenters. The van der Waals surface area contributed by atoms with Crippen LogP contribution in [0, 0.1) is 11.8 Å². The maximum atomic E-state index is 11.9. The van der Waals surface area contributed by atoms with Crippen LogP contribution in [0.5, 0.6) is 0 Å². The zero-order valence-electron chi connectivity index (χ0n) is 11.7. The summed E-state index contributed by atoms with van der Waals surface area (Å²) in [4.78, 5) is 11.9. The summed E-state index contributed by atoms with van der Waals surface area (Å²) in [6, 6.07) is 0. The second kappa shape index (κ2) is 10.7. The SMILES string of the molecule is CCCC(CCN)CCC(=O)C(C)CCOC. The van der Waals surface area contributed by atoms with Crippen molar-refractivity contribution in [1.29, 1.82) is 0 Å². The van der Waals surface area contributed by atoms with Gasteiger partial charge in [-0.3, -0.25) is 4.79 Å². The van der Waals surface area contributed by atoms with Gasteiger partial charge in [-0.25, -0.2) is 0 Å². The molecule has 0 amide bonds. The molecule has 0 saturated carbocycles. The predicted octanol–water partition coefficient (Wildman–Crippen LogP) is 2.77. The Labute approximate surface area is 106 Å². The van der Waals surface area contributed by atoms with Gasteiger partial charge in [0.05, 0.1) is 0 Å². The quantitative estimate of drug-likeness (QED) is 0.607. The molecular weight excluding hydrogens is 214 g/mol. The number of carbonyl (C=O) groups is 1. The lowest BCUT2D eigenvalue weighted by Gasteiger charge is -2.16. The number of methoxy groups -OCH3 is 1. The topological polar surface area (TPSA) is 52.3 Å². The van der Waals surface area contributed by atoms with Crippen LogP contribution in [0.3, 0.4) is 0 Å². The third kappa shape index (κ3) is 8.33. The molecule has 3 heteroatoms. The van der Waals surface area contributed by atoms with E-state index in [-0.39, 0.29) is 5.92 Å². The van der Waals surface area contributed by atoms with Crippen molar-refractivity contribution in [2.24, 2.45) is 17.6 Å². The van der Waals surface area contributed by atoms with Crippen LogP contribution in [0.15, 0.2) is 0 Å². The van der Waals surface area contributed by atoms with E-state index in [1.807, 2.05) is 6.92 Å². The van der Waals surface area contributed by atoms with Crippen molar-refractivity contribution >= 4 is 5.78 Å². The van der Waals surface area contributed by atoms with Gasteiger partial charge in [-0.2, -0.15) is 0 Å². The molecule has 102 valence electrons. The molecule has 17 heavy (non-hydrogen) atoms. The Balaban J connectivity index is 3.85. The van der Waals surface area contributed by atoms with E-state index in [0.29, 0.717) is 24.7 Å². The lowest BCUT2D eigenvalue weighted by Crippen LogP contribution is -2.16. The summed E-state index contributed by atoms with van der Waals surface area (Å²) in [5.74, 6) is 1.14. The fourth-order valence-electron chi connectivity index (χ4n) is 2.13. The standard InChI is InChI=1S/C14H29NO2/c1-4-5-13(8-10-15)6-7-14(16)12(2)9-11-17-3/h12-13H,4-11,15H2,1-3H3. The molecular formula is C14H29NO2. The van der Waals surface area contributed by atoms with Crippen molar-refractivity contribution in [1.82, 2.24) is 0 Å². The molecule has 2 N–H and O–H groups in total. The van der Waals surface area contributed by atoms with Gasteiger partial charge in [0.1, 0.15) is 5.78 Å². The number of Topliss-reactive ketones (excluding diaryl/α,β-unsaturated/α-hetero) is 1. The summed E-state index contributed by atoms with van der Waals surface area (Å²) in [5, 5.41) is 0. The van der Waals surface area contributed by atoms with Crippen LogP contribution < -0.4 is 5.73 Å². The highest BCUT2D eigenvalue weighted by Gasteiger charge is 2.15. The number of hydrogen-bond donors (Lipinski definition) is 1. The highest BCUT2D eigenvalue weighted by molar-refractivity contribution is 5.80. The zero-order chi connectivity index (χ0) is 13.1. The summed E-state index contributed by atoms with van der Waals surface area (Å²) in [6.07, 6.45) is 5.96. The van der Waals surface area contributed by atoms with Crippen molar-refractivity contribution in [2.75, 3.05) is 20.3 Å². The smallest absolute Gasteiger partial charge is 0.135 e. The predicted molar refractivity (Wildman–Crippen MR) is 72.0 cm³/mol. The van der Waals surface area contributed by atoms with Gasteiger partial charge in [-0.15, -0.1) is 0 Å². The molecule has 0 heterocycles. The minimum atomic E-state index is 0.134. The lowest BCUT2D eigenvalue weighted by molar-refractivity contribution is -0.123. The molecule has 0 rings (SSSR count). The second-order valence-electron chi connectivity index (χ2n) is 4.92. The molecule has 0 aliphatic carbocycles. The van der Waals surface area contributed by atoms with Crippen LogP contribution in [-0.2, 0) is 9.53 Å².